The lowest BCUT2D eigenvalue weighted by Gasteiger charge is -2.14. The quantitative estimate of drug-likeness (QED) is 0.764. The maximum absolute atomic E-state index is 12.1. The van der Waals surface area contributed by atoms with Crippen molar-refractivity contribution in [1.29, 1.82) is 0 Å². The highest BCUT2D eigenvalue weighted by molar-refractivity contribution is 9.10. The average Bonchev–Trinajstić information content (AvgIpc) is 2.88. The summed E-state index contributed by atoms with van der Waals surface area (Å²) in [6.07, 6.45) is 4.59. The minimum Gasteiger partial charge on any atom is -0.424 e. The van der Waals surface area contributed by atoms with Crippen LogP contribution >= 0.6 is 15.9 Å². The molecule has 0 radical (unpaired) electrons. The highest BCUT2D eigenvalue weighted by Crippen LogP contribution is 2.34. The number of rotatable bonds is 4. The van der Waals surface area contributed by atoms with Crippen molar-refractivity contribution in [1.82, 2.24) is 9.97 Å². The van der Waals surface area contributed by atoms with E-state index in [0.717, 1.165) is 22.0 Å². The van der Waals surface area contributed by atoms with Crippen LogP contribution in [0.15, 0.2) is 35.1 Å². The first-order valence-electron chi connectivity index (χ1n) is 7.42. The molecule has 1 aliphatic rings. The van der Waals surface area contributed by atoms with Crippen LogP contribution in [0.25, 0.3) is 0 Å². The summed E-state index contributed by atoms with van der Waals surface area (Å²) in [5.41, 5.74) is 1.73. The molecule has 0 saturated heterocycles. The molecule has 0 unspecified atom stereocenters. The van der Waals surface area contributed by atoms with E-state index in [9.17, 15) is 9.59 Å². The molecule has 5 nitrogen and oxygen atoms in total. The van der Waals surface area contributed by atoms with Gasteiger partial charge in [-0.3, -0.25) is 9.59 Å². The van der Waals surface area contributed by atoms with Gasteiger partial charge in [0.15, 0.2) is 0 Å². The molecule has 1 aromatic heterocycles. The number of ether oxygens (including phenoxy) is 1. The van der Waals surface area contributed by atoms with Crippen LogP contribution < -0.4 is 4.74 Å². The van der Waals surface area contributed by atoms with Gasteiger partial charge in [-0.05, 0) is 45.6 Å². The van der Waals surface area contributed by atoms with E-state index in [1.54, 1.807) is 24.5 Å². The van der Waals surface area contributed by atoms with Crippen molar-refractivity contribution in [3.8, 4) is 11.8 Å². The van der Waals surface area contributed by atoms with E-state index in [4.69, 9.17) is 4.74 Å². The van der Waals surface area contributed by atoms with E-state index < -0.39 is 5.92 Å². The molecule has 1 aromatic carbocycles. The van der Waals surface area contributed by atoms with Crippen molar-refractivity contribution in [2.45, 2.75) is 32.1 Å². The van der Waals surface area contributed by atoms with Crippen molar-refractivity contribution in [3.05, 3.63) is 46.2 Å². The second kappa shape index (κ2) is 6.58. The number of hydrogen-bond donors (Lipinski definition) is 0. The number of hydrogen-bond acceptors (Lipinski definition) is 5. The maximum Gasteiger partial charge on any atom is 0.321 e. The molecule has 0 atom stereocenters. The number of halogens is 1. The lowest BCUT2D eigenvalue weighted by molar-refractivity contribution is -0.123. The summed E-state index contributed by atoms with van der Waals surface area (Å²) in [6.45, 7) is 2.00. The number of aromatic nitrogens is 2. The molecule has 0 amide bonds. The summed E-state index contributed by atoms with van der Waals surface area (Å²) in [5.74, 6) is -0.158. The zero-order valence-electron chi connectivity index (χ0n) is 12.6. The zero-order valence-corrected chi connectivity index (χ0v) is 14.2. The van der Waals surface area contributed by atoms with Crippen molar-refractivity contribution >= 4 is 27.5 Å². The van der Waals surface area contributed by atoms with Crippen LogP contribution in [-0.2, 0) is 16.0 Å². The molecule has 0 aliphatic heterocycles. The SMILES string of the molecule is CCc1ccc(Oc2ncc(Br)cn2)cc1C1C(=O)CCC1=O. The Hall–Kier alpha value is -2.08. The third-order valence-electron chi connectivity index (χ3n) is 3.88. The van der Waals surface area contributed by atoms with Crippen molar-refractivity contribution in [2.75, 3.05) is 0 Å². The Morgan fingerprint density at radius 1 is 1.17 bits per heavy atom. The van der Waals surface area contributed by atoms with Crippen LogP contribution in [-0.4, -0.2) is 21.5 Å². The molecular weight excluding hydrogens is 360 g/mol. The Morgan fingerprint density at radius 2 is 1.83 bits per heavy atom. The maximum atomic E-state index is 12.1. The van der Waals surface area contributed by atoms with Crippen LogP contribution in [0.2, 0.25) is 0 Å². The van der Waals surface area contributed by atoms with Gasteiger partial charge in [-0.2, -0.15) is 0 Å². The molecule has 3 rings (SSSR count). The molecule has 118 valence electrons. The molecule has 2 aromatic rings. The second-order valence-electron chi connectivity index (χ2n) is 5.37. The summed E-state index contributed by atoms with van der Waals surface area (Å²) in [7, 11) is 0. The predicted octanol–water partition coefficient (Wildman–Crippen LogP) is 3.61. The van der Waals surface area contributed by atoms with Gasteiger partial charge in [0, 0.05) is 25.2 Å². The Labute approximate surface area is 142 Å². The minimum atomic E-state index is -0.653. The van der Waals surface area contributed by atoms with Crippen LogP contribution in [0.4, 0.5) is 0 Å². The third kappa shape index (κ3) is 3.32. The molecule has 0 spiro atoms. The summed E-state index contributed by atoms with van der Waals surface area (Å²) in [6, 6.07) is 5.67. The lowest BCUT2D eigenvalue weighted by Crippen LogP contribution is -2.14. The fourth-order valence-corrected chi connectivity index (χ4v) is 2.95. The first kappa shape index (κ1) is 15.8. The van der Waals surface area contributed by atoms with Gasteiger partial charge in [-0.1, -0.05) is 13.0 Å². The smallest absolute Gasteiger partial charge is 0.321 e. The number of carbonyl (C=O) groups excluding carboxylic acids is 2. The Balaban J connectivity index is 1.94. The van der Waals surface area contributed by atoms with Crippen molar-refractivity contribution < 1.29 is 14.3 Å². The molecule has 1 heterocycles. The zero-order chi connectivity index (χ0) is 16.4. The van der Waals surface area contributed by atoms with Crippen molar-refractivity contribution in [3.63, 3.8) is 0 Å². The van der Waals surface area contributed by atoms with Crippen LogP contribution in [0.3, 0.4) is 0 Å². The monoisotopic (exact) mass is 374 g/mol. The average molecular weight is 375 g/mol. The fraction of sp³-hybridized carbons (Fsp3) is 0.294. The summed E-state index contributed by atoms with van der Waals surface area (Å²) in [5, 5.41) is 0. The molecule has 0 bridgehead atoms. The number of nitrogens with zero attached hydrogens (tertiary/aromatic N) is 2. The van der Waals surface area contributed by atoms with Crippen LogP contribution in [0.1, 0.15) is 36.8 Å². The van der Waals surface area contributed by atoms with Gasteiger partial charge in [-0.15, -0.1) is 0 Å². The van der Waals surface area contributed by atoms with E-state index in [-0.39, 0.29) is 17.6 Å². The number of carbonyl (C=O) groups is 2. The topological polar surface area (TPSA) is 69.2 Å². The fourth-order valence-electron chi connectivity index (χ4n) is 2.75. The first-order chi connectivity index (χ1) is 11.1. The predicted molar refractivity (Wildman–Crippen MR) is 87.6 cm³/mol. The number of Topliss-reactive ketones (excluding diaryl/α,β-unsaturated/α-hetero) is 2. The number of ketones is 2. The van der Waals surface area contributed by atoms with E-state index >= 15 is 0 Å². The van der Waals surface area contributed by atoms with Crippen LogP contribution in [0, 0.1) is 0 Å². The molecule has 6 heteroatoms. The van der Waals surface area contributed by atoms with E-state index in [1.165, 1.54) is 0 Å². The minimum absolute atomic E-state index is 0.0123. The summed E-state index contributed by atoms with van der Waals surface area (Å²) < 4.78 is 6.40. The first-order valence-corrected chi connectivity index (χ1v) is 8.21. The summed E-state index contributed by atoms with van der Waals surface area (Å²) >= 11 is 3.26. The Morgan fingerprint density at radius 3 is 2.43 bits per heavy atom. The van der Waals surface area contributed by atoms with Gasteiger partial charge in [-0.25, -0.2) is 9.97 Å². The molecule has 1 aliphatic carbocycles. The summed E-state index contributed by atoms with van der Waals surface area (Å²) in [4.78, 5) is 32.3. The number of aryl methyl sites for hydroxylation is 1. The molecule has 1 fully saturated rings. The van der Waals surface area contributed by atoms with E-state index in [2.05, 4.69) is 25.9 Å². The molecular formula is C17H15BrN2O3. The Kier molecular flexibility index (Phi) is 4.52. The molecule has 1 saturated carbocycles. The Bertz CT molecular complexity index is 743. The van der Waals surface area contributed by atoms with Gasteiger partial charge in [0.05, 0.1) is 4.47 Å². The third-order valence-corrected chi connectivity index (χ3v) is 4.29. The van der Waals surface area contributed by atoms with Gasteiger partial charge in [0.2, 0.25) is 0 Å². The number of benzene rings is 1. The van der Waals surface area contributed by atoms with Gasteiger partial charge in [0.25, 0.3) is 0 Å². The van der Waals surface area contributed by atoms with E-state index in [0.29, 0.717) is 18.6 Å². The highest BCUT2D eigenvalue weighted by atomic mass is 79.9. The molecule has 23 heavy (non-hydrogen) atoms. The normalized spacial score (nSPS) is 15.2. The van der Waals surface area contributed by atoms with Gasteiger partial charge in [0.1, 0.15) is 23.2 Å². The largest absolute Gasteiger partial charge is 0.424 e. The van der Waals surface area contributed by atoms with Gasteiger partial charge >= 0.3 is 6.01 Å². The second-order valence-corrected chi connectivity index (χ2v) is 6.28. The lowest BCUT2D eigenvalue weighted by atomic mass is 9.90. The molecule has 0 N–H and O–H groups in total. The van der Waals surface area contributed by atoms with Gasteiger partial charge < -0.3 is 4.74 Å². The standard InChI is InChI=1S/C17H15BrN2O3/c1-2-10-3-4-12(23-17-19-8-11(18)9-20-17)7-13(10)16-14(21)5-6-15(16)22/h3-4,7-9,16H,2,5-6H2,1H3. The van der Waals surface area contributed by atoms with Crippen molar-refractivity contribution in [2.24, 2.45) is 0 Å². The highest BCUT2D eigenvalue weighted by Gasteiger charge is 2.35. The van der Waals surface area contributed by atoms with E-state index in [1.807, 2.05) is 13.0 Å². The van der Waals surface area contributed by atoms with Crippen LogP contribution in [0.5, 0.6) is 11.8 Å².